The number of rotatable bonds is 16. The van der Waals surface area contributed by atoms with Gasteiger partial charge in [-0.2, -0.15) is 0 Å². The standard InChI is InChI=1S/C25H29NO3.C24H27NO3/c1-6-7-8-19-9-16-24(29-18(2)3)22(17-19)14-15-23(27)20-10-12-21(13-11-20)25(28)26(4)5;1-6-7-18-8-15-23(28-17(2)3)21(16-18)13-14-22(26)19-9-11-20(12-10-19)24(27)25(4)5/h6-7,9-18H,8H2,1-5H3;6,8-17H,1,7H2,2-5H3/b7-6+,15-14+;14-13+. The van der Waals surface area contributed by atoms with Crippen LogP contribution in [0.5, 0.6) is 11.5 Å². The molecule has 4 aromatic rings. The van der Waals surface area contributed by atoms with E-state index in [0.717, 1.165) is 46.6 Å². The van der Waals surface area contributed by atoms with Crippen molar-refractivity contribution in [3.8, 4) is 11.5 Å². The van der Waals surface area contributed by atoms with Gasteiger partial charge in [0.2, 0.25) is 0 Å². The first-order valence-electron chi connectivity index (χ1n) is 19.0. The van der Waals surface area contributed by atoms with Gasteiger partial charge in [0.05, 0.1) is 12.2 Å². The van der Waals surface area contributed by atoms with Crippen LogP contribution in [0.1, 0.15) is 98.3 Å². The third kappa shape index (κ3) is 14.4. The molecule has 0 aromatic heterocycles. The van der Waals surface area contributed by atoms with Gasteiger partial charge >= 0.3 is 0 Å². The van der Waals surface area contributed by atoms with Crippen molar-refractivity contribution >= 4 is 35.5 Å². The summed E-state index contributed by atoms with van der Waals surface area (Å²) in [6.45, 7) is 13.6. The lowest BCUT2D eigenvalue weighted by Crippen LogP contribution is -2.21. The number of ketones is 2. The number of carbonyl (C=O) groups is 4. The molecule has 0 aliphatic rings. The highest BCUT2D eigenvalue weighted by molar-refractivity contribution is 6.08. The summed E-state index contributed by atoms with van der Waals surface area (Å²) >= 11 is 0. The fraction of sp³-hybridized carbons (Fsp3) is 0.265. The number of hydrogen-bond acceptors (Lipinski definition) is 6. The molecule has 0 fully saturated rings. The number of amides is 2. The second-order valence-corrected chi connectivity index (χ2v) is 14.3. The highest BCUT2D eigenvalue weighted by Crippen LogP contribution is 2.25. The average molecular weight is 769 g/mol. The van der Waals surface area contributed by atoms with Crippen LogP contribution in [-0.2, 0) is 12.8 Å². The van der Waals surface area contributed by atoms with Crippen LogP contribution < -0.4 is 9.47 Å². The van der Waals surface area contributed by atoms with E-state index in [4.69, 9.17) is 9.47 Å². The summed E-state index contributed by atoms with van der Waals surface area (Å²) in [7, 11) is 6.79. The Morgan fingerprint density at radius 2 is 0.947 bits per heavy atom. The van der Waals surface area contributed by atoms with Gasteiger partial charge in [0.25, 0.3) is 11.8 Å². The molecule has 0 bridgehead atoms. The van der Waals surface area contributed by atoms with Gasteiger partial charge in [0.1, 0.15) is 11.5 Å². The van der Waals surface area contributed by atoms with Crippen LogP contribution >= 0.6 is 0 Å². The Kier molecular flexibility index (Phi) is 17.7. The maximum atomic E-state index is 12.6. The fourth-order valence-corrected chi connectivity index (χ4v) is 5.45. The Balaban J connectivity index is 0.000000306. The number of benzene rings is 4. The molecule has 298 valence electrons. The molecule has 0 unspecified atom stereocenters. The SMILES string of the molecule is C/C=C/Cc1ccc(OC(C)C)c(/C=C/C(=O)c2ccc(C(=O)N(C)C)cc2)c1.C=CCc1ccc(OC(C)C)c(/C=C/C(=O)c2ccc(C(=O)N(C)C)cc2)c1. The zero-order valence-electron chi connectivity index (χ0n) is 34.7. The maximum absolute atomic E-state index is 12.6. The highest BCUT2D eigenvalue weighted by Gasteiger charge is 2.12. The number of hydrogen-bond donors (Lipinski definition) is 0. The van der Waals surface area contributed by atoms with E-state index in [2.05, 4.69) is 12.7 Å². The molecule has 0 saturated heterocycles. The molecule has 2 amide bonds. The van der Waals surface area contributed by atoms with Gasteiger partial charge in [-0.15, -0.1) is 6.58 Å². The molecule has 0 radical (unpaired) electrons. The van der Waals surface area contributed by atoms with Crippen molar-refractivity contribution in [1.29, 1.82) is 0 Å². The molecule has 0 atom stereocenters. The molecule has 8 nitrogen and oxygen atoms in total. The third-order valence-electron chi connectivity index (χ3n) is 8.32. The van der Waals surface area contributed by atoms with Crippen LogP contribution in [0.3, 0.4) is 0 Å². The molecule has 0 spiro atoms. The van der Waals surface area contributed by atoms with Crippen molar-refractivity contribution in [1.82, 2.24) is 9.80 Å². The number of carbonyl (C=O) groups excluding carboxylic acids is 4. The van der Waals surface area contributed by atoms with Crippen molar-refractivity contribution in [2.45, 2.75) is 59.7 Å². The molecule has 0 aliphatic heterocycles. The molecule has 0 N–H and O–H groups in total. The first-order valence-corrected chi connectivity index (χ1v) is 19.0. The Morgan fingerprint density at radius 3 is 1.28 bits per heavy atom. The minimum atomic E-state index is -0.131. The number of nitrogens with zero attached hydrogens (tertiary/aromatic N) is 2. The van der Waals surface area contributed by atoms with Gasteiger partial charge in [-0.1, -0.05) is 54.6 Å². The zero-order chi connectivity index (χ0) is 42.1. The Hall–Kier alpha value is -6.28. The van der Waals surface area contributed by atoms with Gasteiger partial charge in [0, 0.05) is 61.6 Å². The minimum absolute atomic E-state index is 0.0369. The summed E-state index contributed by atoms with van der Waals surface area (Å²) in [6.07, 6.45) is 14.2. The molecule has 57 heavy (non-hydrogen) atoms. The van der Waals surface area contributed by atoms with Gasteiger partial charge in [-0.05, 0) is 131 Å². The van der Waals surface area contributed by atoms with Crippen LogP contribution in [-0.4, -0.2) is 73.6 Å². The second-order valence-electron chi connectivity index (χ2n) is 14.3. The van der Waals surface area contributed by atoms with Gasteiger partial charge in [0.15, 0.2) is 11.6 Å². The van der Waals surface area contributed by atoms with Crippen LogP contribution in [0.2, 0.25) is 0 Å². The van der Waals surface area contributed by atoms with E-state index < -0.39 is 0 Å². The predicted molar refractivity (Wildman–Crippen MR) is 232 cm³/mol. The monoisotopic (exact) mass is 768 g/mol. The van der Waals surface area contributed by atoms with Crippen LogP contribution in [0.25, 0.3) is 12.2 Å². The fourth-order valence-electron chi connectivity index (χ4n) is 5.45. The zero-order valence-corrected chi connectivity index (χ0v) is 34.7. The molecule has 4 rings (SSSR count). The Bertz CT molecular complexity index is 2090. The summed E-state index contributed by atoms with van der Waals surface area (Å²) < 4.78 is 11.7. The maximum Gasteiger partial charge on any atom is 0.253 e. The predicted octanol–water partition coefficient (Wildman–Crippen LogP) is 9.99. The van der Waals surface area contributed by atoms with Crippen molar-refractivity contribution in [2.24, 2.45) is 0 Å². The Morgan fingerprint density at radius 1 is 0.579 bits per heavy atom. The summed E-state index contributed by atoms with van der Waals surface area (Å²) in [5.41, 5.74) is 6.14. The Labute approximate surface area is 338 Å². The lowest BCUT2D eigenvalue weighted by atomic mass is 10.0. The van der Waals surface area contributed by atoms with E-state index in [1.165, 1.54) is 15.9 Å². The average Bonchev–Trinajstić information content (AvgIpc) is 3.19. The first-order chi connectivity index (χ1) is 27.1. The molecule has 0 aliphatic carbocycles. The largest absolute Gasteiger partial charge is 0.490 e. The normalized spacial score (nSPS) is 11.1. The quantitative estimate of drug-likeness (QED) is 0.0640. The molecule has 4 aromatic carbocycles. The van der Waals surface area contributed by atoms with Crippen LogP contribution in [0.4, 0.5) is 0 Å². The summed E-state index contributed by atoms with van der Waals surface area (Å²) in [6, 6.07) is 25.3. The van der Waals surface area contributed by atoms with Gasteiger partial charge in [-0.3, -0.25) is 19.2 Å². The first kappa shape index (κ1) is 45.1. The second kappa shape index (κ2) is 22.3. The van der Waals surface area contributed by atoms with E-state index in [-0.39, 0.29) is 35.6 Å². The topological polar surface area (TPSA) is 93.2 Å². The van der Waals surface area contributed by atoms with E-state index in [1.807, 2.05) is 83.2 Å². The number of allylic oxidation sites excluding steroid dienone is 5. The lowest BCUT2D eigenvalue weighted by molar-refractivity contribution is 0.0820. The van der Waals surface area contributed by atoms with E-state index in [0.29, 0.717) is 22.3 Å². The van der Waals surface area contributed by atoms with E-state index in [1.54, 1.807) is 94.9 Å². The van der Waals surface area contributed by atoms with Crippen molar-refractivity contribution in [3.63, 3.8) is 0 Å². The molecule has 0 saturated carbocycles. The summed E-state index contributed by atoms with van der Waals surface area (Å²) in [5.74, 6) is 1.05. The van der Waals surface area contributed by atoms with Crippen molar-refractivity contribution in [3.05, 3.63) is 166 Å². The van der Waals surface area contributed by atoms with E-state index in [9.17, 15) is 19.2 Å². The molecular formula is C49H56N2O6. The van der Waals surface area contributed by atoms with Crippen LogP contribution in [0.15, 0.2) is 122 Å². The summed E-state index contributed by atoms with van der Waals surface area (Å²) in [4.78, 5) is 52.1. The molecule has 8 heteroatoms. The van der Waals surface area contributed by atoms with Gasteiger partial charge in [-0.25, -0.2) is 0 Å². The highest BCUT2D eigenvalue weighted by atomic mass is 16.5. The minimum Gasteiger partial charge on any atom is -0.490 e. The van der Waals surface area contributed by atoms with Crippen molar-refractivity contribution in [2.75, 3.05) is 28.2 Å². The third-order valence-corrected chi connectivity index (χ3v) is 8.32. The lowest BCUT2D eigenvalue weighted by Gasteiger charge is -2.13. The van der Waals surface area contributed by atoms with Crippen LogP contribution in [0, 0.1) is 0 Å². The van der Waals surface area contributed by atoms with Gasteiger partial charge < -0.3 is 19.3 Å². The molecule has 0 heterocycles. The number of ether oxygens (including phenoxy) is 2. The summed E-state index contributed by atoms with van der Waals surface area (Å²) in [5, 5.41) is 0. The van der Waals surface area contributed by atoms with E-state index >= 15 is 0 Å². The van der Waals surface area contributed by atoms with Crippen molar-refractivity contribution < 1.29 is 28.7 Å². The molecular weight excluding hydrogens is 713 g/mol. The smallest absolute Gasteiger partial charge is 0.253 e.